The first kappa shape index (κ1) is 19.3. The Bertz CT molecular complexity index is 1060. The predicted octanol–water partition coefficient (Wildman–Crippen LogP) is 2.28. The van der Waals surface area contributed by atoms with Crippen LogP contribution in [0, 0.1) is 0 Å². The maximum absolute atomic E-state index is 13.2. The van der Waals surface area contributed by atoms with Crippen LogP contribution in [0.15, 0.2) is 41.2 Å². The van der Waals surface area contributed by atoms with E-state index in [1.165, 1.54) is 14.2 Å². The van der Waals surface area contributed by atoms with Crippen LogP contribution in [-0.4, -0.2) is 32.0 Å². The number of tetrazole rings is 1. The third-order valence-corrected chi connectivity index (χ3v) is 3.92. The normalized spacial score (nSPS) is 11.5. The van der Waals surface area contributed by atoms with Gasteiger partial charge >= 0.3 is 11.9 Å². The zero-order chi connectivity index (χ0) is 20.5. The second-order valence-corrected chi connectivity index (χ2v) is 5.72. The van der Waals surface area contributed by atoms with E-state index in [2.05, 4.69) is 10.4 Å². The predicted molar refractivity (Wildman–Crippen MR) is 90.6 cm³/mol. The fraction of sp³-hybridized carbons (Fsp3) is 0.235. The molecule has 1 heterocycles. The highest BCUT2D eigenvalue weighted by molar-refractivity contribution is 5.49. The van der Waals surface area contributed by atoms with Gasteiger partial charge in [-0.3, -0.25) is 0 Å². The summed E-state index contributed by atoms with van der Waals surface area (Å²) >= 11 is 0. The molecule has 11 heteroatoms. The Hall–Kier alpha value is -3.50. The molecule has 0 unspecified atom stereocenters. The molecule has 0 saturated heterocycles. The molecule has 0 radical (unpaired) electrons. The summed E-state index contributed by atoms with van der Waals surface area (Å²) in [6.07, 6.45) is -4.72. The molecule has 0 amide bonds. The van der Waals surface area contributed by atoms with E-state index in [-0.39, 0.29) is 12.3 Å². The zero-order valence-corrected chi connectivity index (χ0v) is 14.8. The Kier molecular flexibility index (Phi) is 4.99. The second-order valence-electron chi connectivity index (χ2n) is 5.72. The van der Waals surface area contributed by atoms with E-state index >= 15 is 0 Å². The number of hydrogen-bond donors (Lipinski definition) is 1. The zero-order valence-electron chi connectivity index (χ0n) is 14.8. The van der Waals surface area contributed by atoms with Crippen molar-refractivity contribution in [3.63, 3.8) is 0 Å². The Morgan fingerprint density at radius 3 is 2.50 bits per heavy atom. The summed E-state index contributed by atoms with van der Waals surface area (Å²) in [5.74, 6) is -0.722. The first-order valence-electron chi connectivity index (χ1n) is 7.90. The largest absolute Gasteiger partial charge is 0.508 e. The number of aryl methyl sites for hydroxylation is 1. The first-order chi connectivity index (χ1) is 13.2. The van der Waals surface area contributed by atoms with Crippen molar-refractivity contribution in [3.05, 3.63) is 58.0 Å². The Morgan fingerprint density at radius 2 is 1.89 bits per heavy atom. The van der Waals surface area contributed by atoms with E-state index in [9.17, 15) is 23.1 Å². The van der Waals surface area contributed by atoms with Gasteiger partial charge in [-0.25, -0.2) is 4.79 Å². The third kappa shape index (κ3) is 3.63. The third-order valence-electron chi connectivity index (χ3n) is 3.92. The van der Waals surface area contributed by atoms with Crippen LogP contribution < -0.4 is 15.2 Å². The first-order valence-corrected chi connectivity index (χ1v) is 7.90. The van der Waals surface area contributed by atoms with E-state index in [1.807, 2.05) is 0 Å². The van der Waals surface area contributed by atoms with Crippen molar-refractivity contribution in [1.29, 1.82) is 0 Å². The molecular formula is C17H15F3N4O4. The molecule has 3 aromatic rings. The number of nitrogens with zero attached hydrogens (tertiary/aromatic N) is 4. The van der Waals surface area contributed by atoms with Crippen LogP contribution in [0.25, 0.3) is 5.69 Å². The van der Waals surface area contributed by atoms with E-state index < -0.39 is 28.9 Å². The van der Waals surface area contributed by atoms with Crippen molar-refractivity contribution < 1.29 is 27.8 Å². The molecule has 0 bridgehead atoms. The molecule has 28 heavy (non-hydrogen) atoms. The minimum absolute atomic E-state index is 0.254. The molecule has 148 valence electrons. The fourth-order valence-electron chi connectivity index (χ4n) is 2.57. The summed E-state index contributed by atoms with van der Waals surface area (Å²) in [5.41, 5.74) is -1.12. The van der Waals surface area contributed by atoms with Crippen LogP contribution in [0.2, 0.25) is 0 Å². The molecule has 0 aliphatic carbocycles. The Balaban J connectivity index is 2.02. The number of aromatic hydroxyl groups is 1. The van der Waals surface area contributed by atoms with E-state index in [4.69, 9.17) is 9.47 Å². The van der Waals surface area contributed by atoms with Crippen LogP contribution in [0.1, 0.15) is 11.1 Å². The van der Waals surface area contributed by atoms with Crippen molar-refractivity contribution in [2.75, 3.05) is 7.11 Å². The number of rotatable bonds is 5. The molecule has 0 saturated carbocycles. The molecule has 3 rings (SSSR count). The number of methoxy groups -OCH3 is 1. The van der Waals surface area contributed by atoms with Gasteiger partial charge < -0.3 is 14.6 Å². The SMILES string of the molecule is COc1cccc(-n2nnn(C)c2=O)c1COc1ccc(O)cc1C(F)(F)F. The maximum atomic E-state index is 13.2. The Morgan fingerprint density at radius 1 is 1.14 bits per heavy atom. The molecule has 1 aromatic heterocycles. The highest BCUT2D eigenvalue weighted by Gasteiger charge is 2.35. The smallest absolute Gasteiger partial charge is 0.420 e. The average molecular weight is 396 g/mol. The lowest BCUT2D eigenvalue weighted by Gasteiger charge is -2.17. The molecule has 1 N–H and O–H groups in total. The summed E-state index contributed by atoms with van der Waals surface area (Å²) in [4.78, 5) is 12.2. The number of phenols is 1. The highest BCUT2D eigenvalue weighted by Crippen LogP contribution is 2.39. The van der Waals surface area contributed by atoms with Gasteiger partial charge in [-0.05, 0) is 40.8 Å². The van der Waals surface area contributed by atoms with Gasteiger partial charge in [-0.15, -0.1) is 0 Å². The summed E-state index contributed by atoms with van der Waals surface area (Å²) in [6, 6.07) is 7.39. The molecule has 2 aromatic carbocycles. The van der Waals surface area contributed by atoms with E-state index in [0.29, 0.717) is 17.4 Å². The summed E-state index contributed by atoms with van der Waals surface area (Å²) in [5, 5.41) is 16.7. The van der Waals surface area contributed by atoms with Crippen LogP contribution >= 0.6 is 0 Å². The van der Waals surface area contributed by atoms with E-state index in [0.717, 1.165) is 21.5 Å². The molecular weight excluding hydrogens is 381 g/mol. The van der Waals surface area contributed by atoms with Gasteiger partial charge in [0, 0.05) is 7.05 Å². The van der Waals surface area contributed by atoms with Crippen molar-refractivity contribution in [2.24, 2.45) is 7.05 Å². The van der Waals surface area contributed by atoms with Gasteiger partial charge in [0.05, 0.1) is 18.4 Å². The summed E-state index contributed by atoms with van der Waals surface area (Å²) in [7, 11) is 2.79. The number of benzene rings is 2. The maximum Gasteiger partial charge on any atom is 0.420 e. The quantitative estimate of drug-likeness (QED) is 0.712. The summed E-state index contributed by atoms with van der Waals surface area (Å²) < 4.78 is 52.3. The molecule has 8 nitrogen and oxygen atoms in total. The van der Waals surface area contributed by atoms with Crippen LogP contribution in [0.5, 0.6) is 17.2 Å². The van der Waals surface area contributed by atoms with Gasteiger partial charge in [0.1, 0.15) is 29.4 Å². The van der Waals surface area contributed by atoms with Crippen LogP contribution in [0.4, 0.5) is 13.2 Å². The van der Waals surface area contributed by atoms with Crippen molar-refractivity contribution >= 4 is 0 Å². The van der Waals surface area contributed by atoms with Crippen LogP contribution in [0.3, 0.4) is 0 Å². The number of alkyl halides is 3. The van der Waals surface area contributed by atoms with Gasteiger partial charge in [-0.2, -0.15) is 22.5 Å². The van der Waals surface area contributed by atoms with Crippen molar-refractivity contribution in [3.8, 4) is 22.9 Å². The molecule has 0 spiro atoms. The molecule has 0 aliphatic heterocycles. The Labute approximate surface area is 156 Å². The minimum atomic E-state index is -4.72. The number of ether oxygens (including phenoxy) is 2. The van der Waals surface area contributed by atoms with Gasteiger partial charge in [-0.1, -0.05) is 6.07 Å². The van der Waals surface area contributed by atoms with Crippen LogP contribution in [-0.2, 0) is 19.8 Å². The fourth-order valence-corrected chi connectivity index (χ4v) is 2.57. The summed E-state index contributed by atoms with van der Waals surface area (Å²) in [6.45, 7) is -0.351. The lowest BCUT2D eigenvalue weighted by molar-refractivity contribution is -0.139. The van der Waals surface area contributed by atoms with E-state index in [1.54, 1.807) is 18.2 Å². The van der Waals surface area contributed by atoms with Gasteiger partial charge in [0.15, 0.2) is 0 Å². The van der Waals surface area contributed by atoms with Gasteiger partial charge in [0.25, 0.3) is 0 Å². The van der Waals surface area contributed by atoms with Crippen molar-refractivity contribution in [2.45, 2.75) is 12.8 Å². The average Bonchev–Trinajstić information content (AvgIpc) is 2.98. The topological polar surface area (TPSA) is 91.4 Å². The monoisotopic (exact) mass is 396 g/mol. The lowest BCUT2D eigenvalue weighted by Crippen LogP contribution is -2.23. The number of hydrogen-bond acceptors (Lipinski definition) is 6. The molecule has 0 aliphatic rings. The number of aromatic nitrogens is 4. The highest BCUT2D eigenvalue weighted by atomic mass is 19.4. The molecule has 0 atom stereocenters. The van der Waals surface area contributed by atoms with Crippen molar-refractivity contribution in [1.82, 2.24) is 19.8 Å². The number of phenolic OH excluding ortho intramolecular Hbond substituents is 1. The van der Waals surface area contributed by atoms with Gasteiger partial charge in [0.2, 0.25) is 0 Å². The number of halogens is 3. The minimum Gasteiger partial charge on any atom is -0.508 e. The standard InChI is InChI=1S/C17H15F3N4O4/c1-23-16(26)24(22-21-23)13-4-3-5-14(27-2)11(13)9-28-15-7-6-10(25)8-12(15)17(18,19)20/h3-8,25H,9H2,1-2H3. The molecule has 0 fully saturated rings. The second kappa shape index (κ2) is 7.25. The lowest BCUT2D eigenvalue weighted by atomic mass is 10.1.